The molecule has 6 nitrogen and oxygen atoms in total. The second-order valence-electron chi connectivity index (χ2n) is 5.36. The van der Waals surface area contributed by atoms with E-state index in [1.165, 1.54) is 0 Å². The van der Waals surface area contributed by atoms with E-state index in [0.717, 1.165) is 17.7 Å². The number of carbonyl (C=O) groups is 1. The molecular formula is C15H17N3O3. The largest absolute Gasteiger partial charge is 0.485 e. The topological polar surface area (TPSA) is 77.2 Å². The van der Waals surface area contributed by atoms with Crippen LogP contribution in [0.5, 0.6) is 5.75 Å². The molecule has 110 valence electrons. The van der Waals surface area contributed by atoms with Crippen LogP contribution in [0.2, 0.25) is 0 Å². The molecule has 21 heavy (non-hydrogen) atoms. The molecule has 0 fully saturated rings. The summed E-state index contributed by atoms with van der Waals surface area (Å²) in [7, 11) is 0. The molecule has 1 aliphatic heterocycles. The molecule has 3 rings (SSSR count). The Morgan fingerprint density at radius 2 is 2.24 bits per heavy atom. The monoisotopic (exact) mass is 287 g/mol. The second-order valence-corrected chi connectivity index (χ2v) is 5.36. The first-order valence-corrected chi connectivity index (χ1v) is 7.00. The molecule has 0 saturated carbocycles. The number of nitrogens with one attached hydrogen (secondary N) is 1. The first-order valence-electron chi connectivity index (χ1n) is 7.00. The molecule has 1 aromatic heterocycles. The average Bonchev–Trinajstić information content (AvgIpc) is 2.93. The maximum absolute atomic E-state index is 11.4. The van der Waals surface area contributed by atoms with Crippen LogP contribution in [-0.2, 0) is 17.8 Å². The molecule has 0 radical (unpaired) electrons. The third-order valence-corrected chi connectivity index (χ3v) is 3.32. The smallest absolute Gasteiger partial charge is 0.229 e. The van der Waals surface area contributed by atoms with Gasteiger partial charge in [0.15, 0.2) is 6.61 Å². The quantitative estimate of drug-likeness (QED) is 0.935. The number of aromatic nitrogens is 2. The fourth-order valence-electron chi connectivity index (χ4n) is 2.15. The number of nitrogens with zero attached hydrogens (tertiary/aromatic N) is 2. The lowest BCUT2D eigenvalue weighted by molar-refractivity contribution is -0.116. The Morgan fingerprint density at radius 1 is 1.38 bits per heavy atom. The Balaban J connectivity index is 1.67. The summed E-state index contributed by atoms with van der Waals surface area (Å²) >= 11 is 0. The van der Waals surface area contributed by atoms with Crippen molar-refractivity contribution in [3.63, 3.8) is 0 Å². The van der Waals surface area contributed by atoms with Gasteiger partial charge in [0.1, 0.15) is 5.75 Å². The van der Waals surface area contributed by atoms with E-state index in [2.05, 4.69) is 15.5 Å². The lowest BCUT2D eigenvalue weighted by Crippen LogP contribution is -2.18. The van der Waals surface area contributed by atoms with Crippen LogP contribution >= 0.6 is 0 Å². The van der Waals surface area contributed by atoms with Gasteiger partial charge in [0.2, 0.25) is 17.6 Å². The van der Waals surface area contributed by atoms with Crippen molar-refractivity contribution in [3.8, 4) is 5.75 Å². The van der Waals surface area contributed by atoms with Crippen LogP contribution in [0.25, 0.3) is 0 Å². The minimum atomic E-state index is 0.0411. The number of ether oxygens (including phenoxy) is 1. The Bertz CT molecular complexity index is 664. The average molecular weight is 287 g/mol. The Hall–Kier alpha value is -2.37. The van der Waals surface area contributed by atoms with Crippen molar-refractivity contribution >= 4 is 11.6 Å². The maximum atomic E-state index is 11.4. The van der Waals surface area contributed by atoms with Gasteiger partial charge in [-0.2, -0.15) is 4.98 Å². The molecule has 6 heteroatoms. The van der Waals surface area contributed by atoms with Gasteiger partial charge < -0.3 is 14.6 Å². The molecule has 1 aliphatic rings. The Kier molecular flexibility index (Phi) is 3.60. The summed E-state index contributed by atoms with van der Waals surface area (Å²) in [5, 5.41) is 6.72. The van der Waals surface area contributed by atoms with Gasteiger partial charge in [0.25, 0.3) is 0 Å². The third kappa shape index (κ3) is 3.04. The predicted octanol–water partition coefficient (Wildman–Crippen LogP) is 2.66. The number of benzene rings is 1. The summed E-state index contributed by atoms with van der Waals surface area (Å²) in [4.78, 5) is 15.7. The summed E-state index contributed by atoms with van der Waals surface area (Å²) in [5.41, 5.74) is 1.95. The van der Waals surface area contributed by atoms with Gasteiger partial charge in [-0.3, -0.25) is 4.79 Å². The Morgan fingerprint density at radius 3 is 3.00 bits per heavy atom. The van der Waals surface area contributed by atoms with Gasteiger partial charge in [-0.25, -0.2) is 0 Å². The van der Waals surface area contributed by atoms with E-state index < -0.39 is 0 Å². The van der Waals surface area contributed by atoms with Crippen LogP contribution in [0.15, 0.2) is 22.7 Å². The van der Waals surface area contributed by atoms with E-state index in [0.29, 0.717) is 23.9 Å². The van der Waals surface area contributed by atoms with E-state index >= 15 is 0 Å². The van der Waals surface area contributed by atoms with Crippen LogP contribution in [0.3, 0.4) is 0 Å². The number of hydrogen-bond acceptors (Lipinski definition) is 5. The highest BCUT2D eigenvalue weighted by atomic mass is 16.5. The van der Waals surface area contributed by atoms with Crippen molar-refractivity contribution in [2.45, 2.75) is 39.2 Å². The number of aryl methyl sites for hydroxylation is 1. The van der Waals surface area contributed by atoms with E-state index in [9.17, 15) is 4.79 Å². The van der Waals surface area contributed by atoms with Crippen molar-refractivity contribution in [3.05, 3.63) is 35.5 Å². The van der Waals surface area contributed by atoms with Crippen molar-refractivity contribution in [1.82, 2.24) is 10.1 Å². The van der Waals surface area contributed by atoms with Gasteiger partial charge >= 0.3 is 0 Å². The van der Waals surface area contributed by atoms with Crippen LogP contribution in [0, 0.1) is 0 Å². The SMILES string of the molecule is CC(C)c1nc(COc2ccc3c(c2)NC(=O)CC3)no1. The van der Waals surface area contributed by atoms with Crippen molar-refractivity contribution in [2.75, 3.05) is 5.32 Å². The second kappa shape index (κ2) is 5.55. The zero-order valence-corrected chi connectivity index (χ0v) is 12.0. The maximum Gasteiger partial charge on any atom is 0.229 e. The lowest BCUT2D eigenvalue weighted by Gasteiger charge is -2.17. The van der Waals surface area contributed by atoms with Gasteiger partial charge in [0.05, 0.1) is 0 Å². The lowest BCUT2D eigenvalue weighted by atomic mass is 10.0. The molecule has 1 aromatic carbocycles. The van der Waals surface area contributed by atoms with Crippen LogP contribution < -0.4 is 10.1 Å². The van der Waals surface area contributed by atoms with Crippen LogP contribution in [-0.4, -0.2) is 16.0 Å². The number of hydrogen-bond donors (Lipinski definition) is 1. The first-order chi connectivity index (χ1) is 10.1. The molecule has 0 saturated heterocycles. The van der Waals surface area contributed by atoms with Crippen LogP contribution in [0.4, 0.5) is 5.69 Å². The fraction of sp³-hybridized carbons (Fsp3) is 0.400. The zero-order chi connectivity index (χ0) is 14.8. The molecular weight excluding hydrogens is 270 g/mol. The molecule has 1 N–H and O–H groups in total. The van der Waals surface area contributed by atoms with Crippen LogP contribution in [0.1, 0.15) is 43.5 Å². The Labute approximate surface area is 122 Å². The minimum absolute atomic E-state index is 0.0411. The highest BCUT2D eigenvalue weighted by Gasteiger charge is 2.15. The number of amides is 1. The number of rotatable bonds is 4. The van der Waals surface area contributed by atoms with E-state index in [-0.39, 0.29) is 18.4 Å². The van der Waals surface area contributed by atoms with Crippen molar-refractivity contribution < 1.29 is 14.1 Å². The molecule has 1 amide bonds. The highest BCUT2D eigenvalue weighted by Crippen LogP contribution is 2.27. The highest BCUT2D eigenvalue weighted by molar-refractivity contribution is 5.94. The van der Waals surface area contributed by atoms with Gasteiger partial charge in [-0.1, -0.05) is 25.1 Å². The van der Waals surface area contributed by atoms with Gasteiger partial charge in [-0.05, 0) is 18.1 Å². The summed E-state index contributed by atoms with van der Waals surface area (Å²) in [6.07, 6.45) is 1.30. The molecule has 0 unspecified atom stereocenters. The van der Waals surface area contributed by atoms with Crippen molar-refractivity contribution in [2.24, 2.45) is 0 Å². The molecule has 0 aliphatic carbocycles. The van der Waals surface area contributed by atoms with Gasteiger partial charge in [-0.15, -0.1) is 0 Å². The normalized spacial score (nSPS) is 14.0. The summed E-state index contributed by atoms with van der Waals surface area (Å²) in [5.74, 6) is 2.03. The van der Waals surface area contributed by atoms with Gasteiger partial charge in [0, 0.05) is 24.1 Å². The zero-order valence-electron chi connectivity index (χ0n) is 12.0. The molecule has 0 atom stereocenters. The van der Waals surface area contributed by atoms with E-state index in [4.69, 9.17) is 9.26 Å². The molecule has 2 heterocycles. The minimum Gasteiger partial charge on any atom is -0.485 e. The standard InChI is InChI=1S/C15H17N3O3/c1-9(2)15-17-13(18-21-15)8-20-11-5-3-10-4-6-14(19)16-12(10)7-11/h3,5,7,9H,4,6,8H2,1-2H3,(H,16,19). The number of carbonyl (C=O) groups excluding carboxylic acids is 1. The first kappa shape index (κ1) is 13.6. The molecule has 0 spiro atoms. The van der Waals surface area contributed by atoms with Crippen molar-refractivity contribution in [1.29, 1.82) is 0 Å². The number of fused-ring (bicyclic) bond motifs is 1. The summed E-state index contributed by atoms with van der Waals surface area (Å²) in [6.45, 7) is 4.22. The summed E-state index contributed by atoms with van der Waals surface area (Å²) in [6, 6.07) is 5.69. The molecule has 0 bridgehead atoms. The van der Waals surface area contributed by atoms with E-state index in [1.54, 1.807) is 0 Å². The molecule has 2 aromatic rings. The summed E-state index contributed by atoms with van der Waals surface area (Å²) < 4.78 is 10.8. The fourth-order valence-corrected chi connectivity index (χ4v) is 2.15. The van der Waals surface area contributed by atoms with E-state index in [1.807, 2.05) is 32.0 Å². The third-order valence-electron chi connectivity index (χ3n) is 3.32. The predicted molar refractivity (Wildman–Crippen MR) is 76.1 cm³/mol. The number of anilines is 1.